The van der Waals surface area contributed by atoms with Crippen LogP contribution in [0, 0.1) is 5.92 Å². The molecule has 2 aliphatic rings. The number of nitrogens with one attached hydrogen (secondary N) is 1. The molecular weight excluding hydrogens is 445 g/mol. The van der Waals surface area contributed by atoms with Crippen molar-refractivity contribution in [2.75, 3.05) is 56.5 Å². The summed E-state index contributed by atoms with van der Waals surface area (Å²) < 4.78 is 38.3. The maximum atomic E-state index is 13.0. The number of carbonyl (C=O) groups is 2. The van der Waals surface area contributed by atoms with Crippen LogP contribution in [0.5, 0.6) is 0 Å². The first kappa shape index (κ1) is 24.1. The molecule has 0 saturated carbocycles. The van der Waals surface area contributed by atoms with Crippen molar-refractivity contribution in [1.82, 2.24) is 9.80 Å². The van der Waals surface area contributed by atoms with E-state index in [9.17, 15) is 22.8 Å². The molecule has 2 aliphatic heterocycles. The van der Waals surface area contributed by atoms with Crippen LogP contribution < -0.4 is 10.2 Å². The summed E-state index contributed by atoms with van der Waals surface area (Å²) in [5.41, 5.74) is 1.24. The van der Waals surface area contributed by atoms with Crippen molar-refractivity contribution in [3.05, 3.63) is 59.7 Å². The number of para-hydroxylation sites is 2. The van der Waals surface area contributed by atoms with Gasteiger partial charge in [-0.3, -0.25) is 9.59 Å². The first-order chi connectivity index (χ1) is 16.2. The molecule has 2 heterocycles. The van der Waals surface area contributed by atoms with Gasteiger partial charge in [-0.25, -0.2) is 0 Å². The lowest BCUT2D eigenvalue weighted by Crippen LogP contribution is -2.45. The highest BCUT2D eigenvalue weighted by molar-refractivity contribution is 5.97. The fourth-order valence-electron chi connectivity index (χ4n) is 4.47. The van der Waals surface area contributed by atoms with Gasteiger partial charge in [0.2, 0.25) is 5.91 Å². The number of anilines is 2. The largest absolute Gasteiger partial charge is 0.416 e. The number of piperidine rings is 1. The fraction of sp³-hybridized carbons (Fsp3) is 0.440. The van der Waals surface area contributed by atoms with Gasteiger partial charge in [-0.1, -0.05) is 12.1 Å². The molecular formula is C25H29F3N4O2. The van der Waals surface area contributed by atoms with E-state index in [0.717, 1.165) is 49.7 Å². The predicted molar refractivity (Wildman–Crippen MR) is 125 cm³/mol. The third-order valence-electron chi connectivity index (χ3n) is 6.62. The molecule has 2 amide bonds. The summed E-state index contributed by atoms with van der Waals surface area (Å²) in [4.78, 5) is 31.8. The number of nitrogens with zero attached hydrogens (tertiary/aromatic N) is 3. The molecule has 182 valence electrons. The van der Waals surface area contributed by atoms with Gasteiger partial charge in [0, 0.05) is 50.7 Å². The van der Waals surface area contributed by atoms with E-state index in [1.54, 1.807) is 4.90 Å². The Morgan fingerprint density at radius 2 is 1.50 bits per heavy atom. The SMILES string of the molecule is CN1CCN(c2ccccc2NC(=O)C2CCN(C(=O)c3ccc(C(F)(F)F)cc3)CC2)CC1. The Labute approximate surface area is 197 Å². The minimum absolute atomic E-state index is 0.0665. The number of likely N-dealkylation sites (tertiary alicyclic amines) is 1. The Morgan fingerprint density at radius 3 is 2.12 bits per heavy atom. The van der Waals surface area contributed by atoms with Gasteiger partial charge in [0.1, 0.15) is 0 Å². The summed E-state index contributed by atoms with van der Waals surface area (Å²) in [6.07, 6.45) is -3.42. The lowest BCUT2D eigenvalue weighted by atomic mass is 9.95. The van der Waals surface area contributed by atoms with Crippen molar-refractivity contribution in [2.45, 2.75) is 19.0 Å². The first-order valence-corrected chi connectivity index (χ1v) is 11.5. The Bertz CT molecular complexity index is 1010. The van der Waals surface area contributed by atoms with Crippen molar-refractivity contribution in [2.24, 2.45) is 5.92 Å². The van der Waals surface area contributed by atoms with E-state index in [2.05, 4.69) is 22.2 Å². The van der Waals surface area contributed by atoms with Crippen LogP contribution in [0.1, 0.15) is 28.8 Å². The first-order valence-electron chi connectivity index (χ1n) is 11.5. The minimum atomic E-state index is -4.43. The van der Waals surface area contributed by atoms with E-state index in [-0.39, 0.29) is 23.3 Å². The maximum Gasteiger partial charge on any atom is 0.416 e. The van der Waals surface area contributed by atoms with Crippen LogP contribution in [0.4, 0.5) is 24.5 Å². The maximum absolute atomic E-state index is 13.0. The number of amides is 2. The molecule has 0 aromatic heterocycles. The van der Waals surface area contributed by atoms with Gasteiger partial charge in [-0.2, -0.15) is 13.2 Å². The summed E-state index contributed by atoms with van der Waals surface area (Å²) in [5, 5.41) is 3.08. The second kappa shape index (κ2) is 10.0. The summed E-state index contributed by atoms with van der Waals surface area (Å²) >= 11 is 0. The highest BCUT2D eigenvalue weighted by Crippen LogP contribution is 2.30. The number of hydrogen-bond acceptors (Lipinski definition) is 4. The van der Waals surface area contributed by atoms with Crippen LogP contribution in [0.2, 0.25) is 0 Å². The number of alkyl halides is 3. The molecule has 2 fully saturated rings. The lowest BCUT2D eigenvalue weighted by molar-refractivity contribution is -0.137. The van der Waals surface area contributed by atoms with E-state index in [0.29, 0.717) is 25.9 Å². The molecule has 0 bridgehead atoms. The summed E-state index contributed by atoms with van der Waals surface area (Å²) in [7, 11) is 2.10. The molecule has 4 rings (SSSR count). The van der Waals surface area contributed by atoms with E-state index >= 15 is 0 Å². The van der Waals surface area contributed by atoms with Crippen molar-refractivity contribution in [3.8, 4) is 0 Å². The molecule has 34 heavy (non-hydrogen) atoms. The van der Waals surface area contributed by atoms with E-state index in [4.69, 9.17) is 0 Å². The molecule has 6 nitrogen and oxygen atoms in total. The topological polar surface area (TPSA) is 55.9 Å². The third kappa shape index (κ3) is 5.52. The summed E-state index contributed by atoms with van der Waals surface area (Å²) in [6.45, 7) is 4.50. The second-order valence-corrected chi connectivity index (χ2v) is 8.94. The van der Waals surface area contributed by atoms with Gasteiger partial charge in [-0.15, -0.1) is 0 Å². The van der Waals surface area contributed by atoms with E-state index in [1.807, 2.05) is 24.3 Å². The molecule has 0 aliphatic carbocycles. The molecule has 0 radical (unpaired) electrons. The van der Waals surface area contributed by atoms with Gasteiger partial charge < -0.3 is 20.0 Å². The highest BCUT2D eigenvalue weighted by atomic mass is 19.4. The Morgan fingerprint density at radius 1 is 0.882 bits per heavy atom. The van der Waals surface area contributed by atoms with Crippen LogP contribution in [0.3, 0.4) is 0 Å². The van der Waals surface area contributed by atoms with Gasteiger partial charge in [0.25, 0.3) is 5.91 Å². The Hall–Kier alpha value is -3.07. The zero-order valence-electron chi connectivity index (χ0n) is 19.1. The van der Waals surface area contributed by atoms with Crippen molar-refractivity contribution in [3.63, 3.8) is 0 Å². The molecule has 9 heteroatoms. The van der Waals surface area contributed by atoms with E-state index in [1.165, 1.54) is 12.1 Å². The summed E-state index contributed by atoms with van der Waals surface area (Å²) in [6, 6.07) is 12.1. The highest BCUT2D eigenvalue weighted by Gasteiger charge is 2.32. The Balaban J connectivity index is 1.33. The average Bonchev–Trinajstić information content (AvgIpc) is 2.84. The van der Waals surface area contributed by atoms with E-state index < -0.39 is 11.7 Å². The average molecular weight is 475 g/mol. The number of carbonyl (C=O) groups excluding carboxylic acids is 2. The van der Waals surface area contributed by atoms with Crippen molar-refractivity contribution >= 4 is 23.2 Å². The molecule has 2 saturated heterocycles. The minimum Gasteiger partial charge on any atom is -0.367 e. The second-order valence-electron chi connectivity index (χ2n) is 8.94. The predicted octanol–water partition coefficient (Wildman–Crippen LogP) is 3.95. The molecule has 2 aromatic carbocycles. The Kier molecular flexibility index (Phi) is 7.11. The van der Waals surface area contributed by atoms with Gasteiger partial charge >= 0.3 is 6.18 Å². The molecule has 0 atom stereocenters. The number of benzene rings is 2. The molecule has 0 spiro atoms. The van der Waals surface area contributed by atoms with Crippen LogP contribution in [-0.4, -0.2) is 67.9 Å². The molecule has 1 N–H and O–H groups in total. The molecule has 2 aromatic rings. The van der Waals surface area contributed by atoms with Crippen molar-refractivity contribution < 1.29 is 22.8 Å². The van der Waals surface area contributed by atoms with Crippen LogP contribution in [0.25, 0.3) is 0 Å². The summed E-state index contributed by atoms with van der Waals surface area (Å²) in [5.74, 6) is -0.603. The number of rotatable bonds is 4. The standard InChI is InChI=1S/C25H29F3N4O2/c1-30-14-16-31(17-15-30)22-5-3-2-4-21(22)29-23(33)18-10-12-32(13-11-18)24(34)19-6-8-20(9-7-19)25(26,27)28/h2-9,18H,10-17H2,1H3,(H,29,33). The number of likely N-dealkylation sites (N-methyl/N-ethyl adjacent to an activating group) is 1. The van der Waals surface area contributed by atoms with Crippen LogP contribution >= 0.6 is 0 Å². The van der Waals surface area contributed by atoms with Crippen LogP contribution in [0.15, 0.2) is 48.5 Å². The normalized spacial score (nSPS) is 18.1. The van der Waals surface area contributed by atoms with Crippen molar-refractivity contribution in [1.29, 1.82) is 0 Å². The smallest absolute Gasteiger partial charge is 0.367 e. The zero-order valence-corrected chi connectivity index (χ0v) is 19.1. The number of hydrogen-bond donors (Lipinski definition) is 1. The number of halogens is 3. The monoisotopic (exact) mass is 474 g/mol. The number of piperazine rings is 1. The molecule has 0 unspecified atom stereocenters. The third-order valence-corrected chi connectivity index (χ3v) is 6.62. The van der Waals surface area contributed by atoms with Gasteiger partial charge in [0.05, 0.1) is 16.9 Å². The van der Waals surface area contributed by atoms with Gasteiger partial charge in [0.15, 0.2) is 0 Å². The zero-order chi connectivity index (χ0) is 24.3. The quantitative estimate of drug-likeness (QED) is 0.729. The van der Waals surface area contributed by atoms with Crippen LogP contribution in [-0.2, 0) is 11.0 Å². The lowest BCUT2D eigenvalue weighted by Gasteiger charge is -2.35. The fourth-order valence-corrected chi connectivity index (χ4v) is 4.47. The van der Waals surface area contributed by atoms with Gasteiger partial charge in [-0.05, 0) is 56.3 Å².